The predicted molar refractivity (Wildman–Crippen MR) is 129 cm³/mol. The summed E-state index contributed by atoms with van der Waals surface area (Å²) in [6.07, 6.45) is -0.691. The van der Waals surface area contributed by atoms with E-state index < -0.39 is 6.10 Å². The molecular weight excluding hydrogens is 485 g/mol. The molecule has 0 aliphatic carbocycles. The quantitative estimate of drug-likeness (QED) is 0.252. The molecule has 0 aliphatic rings. The van der Waals surface area contributed by atoms with Crippen LogP contribution in [0.25, 0.3) is 0 Å². The van der Waals surface area contributed by atoms with Gasteiger partial charge in [-0.25, -0.2) is 0 Å². The molecule has 7 heteroatoms. The van der Waals surface area contributed by atoms with Gasteiger partial charge in [0.15, 0.2) is 5.96 Å². The fraction of sp³-hybridized carbons (Fsp3) is 0.476. The van der Waals surface area contributed by atoms with Gasteiger partial charge < -0.3 is 20.5 Å². The molecule has 0 saturated carbocycles. The summed E-state index contributed by atoms with van der Waals surface area (Å²) in [5.41, 5.74) is 2.43. The molecule has 0 radical (unpaired) electrons. The standard InChI is InChI=1S/C21H31N3O2S.HI/c1-4-22-21(23-12-16(2)19-10-11-27-15-19)24-13-20(25)14-26-17(3)18-8-6-5-7-9-18;/h5-11,15-17,20,25H,4,12-14H2,1-3H3,(H2,22,23,24);1H. The molecule has 3 N–H and O–H groups in total. The molecule has 3 atom stereocenters. The molecule has 3 unspecified atom stereocenters. The molecule has 0 saturated heterocycles. The highest BCUT2D eigenvalue weighted by molar-refractivity contribution is 14.0. The summed E-state index contributed by atoms with van der Waals surface area (Å²) < 4.78 is 5.77. The Morgan fingerprint density at radius 2 is 1.89 bits per heavy atom. The van der Waals surface area contributed by atoms with E-state index in [4.69, 9.17) is 4.74 Å². The average Bonchev–Trinajstić information content (AvgIpc) is 3.23. The van der Waals surface area contributed by atoms with E-state index in [9.17, 15) is 5.11 Å². The summed E-state index contributed by atoms with van der Waals surface area (Å²) in [5, 5.41) is 21.0. The van der Waals surface area contributed by atoms with Crippen molar-refractivity contribution in [3.05, 3.63) is 58.3 Å². The number of benzene rings is 1. The largest absolute Gasteiger partial charge is 0.389 e. The number of aliphatic hydroxyl groups excluding tert-OH is 1. The van der Waals surface area contributed by atoms with Crippen LogP contribution in [0.15, 0.2) is 52.2 Å². The molecule has 1 heterocycles. The molecule has 1 aromatic carbocycles. The van der Waals surface area contributed by atoms with Crippen LogP contribution in [-0.2, 0) is 4.74 Å². The van der Waals surface area contributed by atoms with E-state index in [-0.39, 0.29) is 36.7 Å². The van der Waals surface area contributed by atoms with Gasteiger partial charge in [-0.3, -0.25) is 4.99 Å². The van der Waals surface area contributed by atoms with Crippen LogP contribution in [0.4, 0.5) is 0 Å². The zero-order valence-corrected chi connectivity index (χ0v) is 19.9. The van der Waals surface area contributed by atoms with E-state index in [1.807, 2.05) is 44.2 Å². The normalized spacial score (nSPS) is 14.6. The van der Waals surface area contributed by atoms with Gasteiger partial charge >= 0.3 is 0 Å². The van der Waals surface area contributed by atoms with Crippen LogP contribution in [0, 0.1) is 0 Å². The number of nitrogens with zero attached hydrogens (tertiary/aromatic N) is 1. The van der Waals surface area contributed by atoms with E-state index in [1.165, 1.54) is 5.56 Å². The SMILES string of the molecule is CCNC(=NCC(O)COC(C)c1ccccc1)NCC(C)c1ccsc1.I. The predicted octanol–water partition coefficient (Wildman–Crippen LogP) is 4.16. The zero-order chi connectivity index (χ0) is 19.5. The maximum Gasteiger partial charge on any atom is 0.191 e. The topological polar surface area (TPSA) is 65.9 Å². The van der Waals surface area contributed by atoms with Gasteiger partial charge in [0.25, 0.3) is 0 Å². The first kappa shape index (κ1) is 24.9. The van der Waals surface area contributed by atoms with E-state index in [0.29, 0.717) is 12.5 Å². The van der Waals surface area contributed by atoms with Crippen molar-refractivity contribution in [3.63, 3.8) is 0 Å². The average molecular weight is 517 g/mol. The Kier molecular flexibility index (Phi) is 12.4. The number of ether oxygens (including phenoxy) is 1. The summed E-state index contributed by atoms with van der Waals surface area (Å²) in [4.78, 5) is 4.48. The summed E-state index contributed by atoms with van der Waals surface area (Å²) in [5.74, 6) is 1.12. The van der Waals surface area contributed by atoms with Crippen molar-refractivity contribution >= 4 is 41.3 Å². The van der Waals surface area contributed by atoms with Crippen LogP contribution in [0.2, 0.25) is 0 Å². The van der Waals surface area contributed by atoms with Gasteiger partial charge in [-0.05, 0) is 47.7 Å². The number of halogens is 1. The molecule has 0 fully saturated rings. The fourth-order valence-corrected chi connectivity index (χ4v) is 3.37. The Balaban J connectivity index is 0.00000392. The number of aliphatic hydroxyl groups is 1. The van der Waals surface area contributed by atoms with E-state index >= 15 is 0 Å². The molecule has 0 aliphatic heterocycles. The van der Waals surface area contributed by atoms with Gasteiger partial charge in [-0.2, -0.15) is 11.3 Å². The van der Waals surface area contributed by atoms with Crippen LogP contribution < -0.4 is 10.6 Å². The number of aliphatic imine (C=N–C) groups is 1. The van der Waals surface area contributed by atoms with Crippen LogP contribution in [0.1, 0.15) is 43.9 Å². The summed E-state index contributed by atoms with van der Waals surface area (Å²) in [6.45, 7) is 8.32. The molecule has 0 amide bonds. The summed E-state index contributed by atoms with van der Waals surface area (Å²) >= 11 is 1.71. The van der Waals surface area contributed by atoms with Crippen molar-refractivity contribution in [1.29, 1.82) is 0 Å². The minimum atomic E-state index is -0.638. The maximum absolute atomic E-state index is 10.2. The van der Waals surface area contributed by atoms with Crippen LogP contribution in [0.3, 0.4) is 0 Å². The van der Waals surface area contributed by atoms with Crippen molar-refractivity contribution < 1.29 is 9.84 Å². The van der Waals surface area contributed by atoms with Gasteiger partial charge in [0, 0.05) is 13.1 Å². The van der Waals surface area contributed by atoms with Gasteiger partial charge in [-0.1, -0.05) is 37.3 Å². The lowest BCUT2D eigenvalue weighted by Gasteiger charge is -2.17. The van der Waals surface area contributed by atoms with E-state index in [2.05, 4.69) is 39.4 Å². The first-order chi connectivity index (χ1) is 13.1. The van der Waals surface area contributed by atoms with Crippen LogP contribution >= 0.6 is 35.3 Å². The number of hydrogen-bond acceptors (Lipinski definition) is 4. The highest BCUT2D eigenvalue weighted by Crippen LogP contribution is 2.17. The van der Waals surface area contributed by atoms with Gasteiger partial charge in [0.05, 0.1) is 25.4 Å². The minimum absolute atomic E-state index is 0. The monoisotopic (exact) mass is 517 g/mol. The van der Waals surface area contributed by atoms with Gasteiger partial charge in [0.1, 0.15) is 0 Å². The van der Waals surface area contributed by atoms with Crippen molar-refractivity contribution in [1.82, 2.24) is 10.6 Å². The number of thiophene rings is 1. The Bertz CT molecular complexity index is 668. The third kappa shape index (κ3) is 8.89. The Morgan fingerprint density at radius 1 is 1.14 bits per heavy atom. The first-order valence-corrected chi connectivity index (χ1v) is 10.4. The maximum atomic E-state index is 10.2. The van der Waals surface area contributed by atoms with Crippen molar-refractivity contribution in [2.24, 2.45) is 4.99 Å². The molecule has 5 nitrogen and oxygen atoms in total. The fourth-order valence-electron chi connectivity index (χ4n) is 2.59. The number of hydrogen-bond donors (Lipinski definition) is 3. The minimum Gasteiger partial charge on any atom is -0.389 e. The number of guanidine groups is 1. The lowest BCUT2D eigenvalue weighted by atomic mass is 10.1. The Hall–Kier alpha value is -1.16. The highest BCUT2D eigenvalue weighted by atomic mass is 127. The second-order valence-corrected chi connectivity index (χ2v) is 7.38. The third-order valence-corrected chi connectivity index (χ3v) is 5.00. The first-order valence-electron chi connectivity index (χ1n) is 9.49. The molecule has 0 spiro atoms. The van der Waals surface area contributed by atoms with E-state index in [0.717, 1.165) is 24.6 Å². The molecular formula is C21H32IN3O2S. The summed E-state index contributed by atoms with van der Waals surface area (Å²) in [6, 6.07) is 12.2. The summed E-state index contributed by atoms with van der Waals surface area (Å²) in [7, 11) is 0. The number of rotatable bonds is 10. The Morgan fingerprint density at radius 3 is 2.54 bits per heavy atom. The molecule has 2 aromatic rings. The lowest BCUT2D eigenvalue weighted by molar-refractivity contribution is 0.00111. The van der Waals surface area contributed by atoms with Crippen molar-refractivity contribution in [2.45, 2.75) is 38.9 Å². The lowest BCUT2D eigenvalue weighted by Crippen LogP contribution is -2.39. The second-order valence-electron chi connectivity index (χ2n) is 6.60. The third-order valence-electron chi connectivity index (χ3n) is 4.30. The van der Waals surface area contributed by atoms with E-state index in [1.54, 1.807) is 11.3 Å². The molecule has 1 aromatic heterocycles. The number of nitrogens with one attached hydrogen (secondary N) is 2. The molecule has 28 heavy (non-hydrogen) atoms. The van der Waals surface area contributed by atoms with Crippen molar-refractivity contribution in [3.8, 4) is 0 Å². The highest BCUT2D eigenvalue weighted by Gasteiger charge is 2.11. The van der Waals surface area contributed by atoms with Gasteiger partial charge in [0.2, 0.25) is 0 Å². The van der Waals surface area contributed by atoms with Crippen LogP contribution in [0.5, 0.6) is 0 Å². The van der Waals surface area contributed by atoms with Gasteiger partial charge in [-0.15, -0.1) is 24.0 Å². The Labute approximate surface area is 189 Å². The smallest absolute Gasteiger partial charge is 0.191 e. The van der Waals surface area contributed by atoms with Crippen molar-refractivity contribution in [2.75, 3.05) is 26.2 Å². The molecule has 0 bridgehead atoms. The second kappa shape index (κ2) is 13.9. The molecule has 156 valence electrons. The van der Waals surface area contributed by atoms with Crippen LogP contribution in [-0.4, -0.2) is 43.4 Å². The molecule has 2 rings (SSSR count). The zero-order valence-electron chi connectivity index (χ0n) is 16.8.